The number of piperidine rings is 1. The van der Waals surface area contributed by atoms with Gasteiger partial charge in [0.1, 0.15) is 11.9 Å². The number of aryl methyl sites for hydroxylation is 1. The van der Waals surface area contributed by atoms with Crippen LogP contribution in [0, 0.1) is 12.8 Å². The summed E-state index contributed by atoms with van der Waals surface area (Å²) >= 11 is 0. The number of halogens is 3. The molecule has 1 aromatic carbocycles. The Bertz CT molecular complexity index is 899. The quantitative estimate of drug-likeness (QED) is 0.799. The molecule has 4 rings (SSSR count). The molecule has 2 heterocycles. The molecule has 2 aromatic rings. The summed E-state index contributed by atoms with van der Waals surface area (Å²) in [6.07, 6.45) is -0.841. The number of aromatic nitrogens is 2. The first-order valence-electron chi connectivity index (χ1n) is 9.91. The molecule has 1 saturated heterocycles. The SMILES string of the molecule is Cc1cc(C(O)[C@@H]2CCCN(C3CC3)C2)nnc1-c1ccc(C(F)(F)F)cc1O. The summed E-state index contributed by atoms with van der Waals surface area (Å²) in [7, 11) is 0. The monoisotopic (exact) mass is 407 g/mol. The van der Waals surface area contributed by atoms with Crippen molar-refractivity contribution >= 4 is 0 Å². The maximum Gasteiger partial charge on any atom is 0.416 e. The van der Waals surface area contributed by atoms with Gasteiger partial charge in [0, 0.05) is 24.1 Å². The second kappa shape index (κ2) is 7.57. The molecule has 2 N–H and O–H groups in total. The van der Waals surface area contributed by atoms with Gasteiger partial charge in [-0.05, 0) is 69.0 Å². The Morgan fingerprint density at radius 3 is 2.52 bits per heavy atom. The summed E-state index contributed by atoms with van der Waals surface area (Å²) in [5.41, 5.74) is 0.658. The molecule has 2 aliphatic rings. The van der Waals surface area contributed by atoms with Crippen LogP contribution in [0.4, 0.5) is 13.2 Å². The summed E-state index contributed by atoms with van der Waals surface area (Å²) in [5, 5.41) is 29.2. The van der Waals surface area contributed by atoms with Gasteiger partial charge in [0.25, 0.3) is 0 Å². The number of rotatable bonds is 4. The van der Waals surface area contributed by atoms with E-state index in [0.29, 0.717) is 29.1 Å². The maximum atomic E-state index is 12.8. The van der Waals surface area contributed by atoms with Crippen LogP contribution in [0.15, 0.2) is 24.3 Å². The number of phenolic OH excluding ortho intramolecular Hbond substituents is 1. The predicted molar refractivity (Wildman–Crippen MR) is 101 cm³/mol. The van der Waals surface area contributed by atoms with Gasteiger partial charge >= 0.3 is 6.18 Å². The molecule has 0 radical (unpaired) electrons. The number of nitrogens with zero attached hydrogens (tertiary/aromatic N) is 3. The number of aromatic hydroxyl groups is 1. The van der Waals surface area contributed by atoms with Crippen molar-refractivity contribution in [3.8, 4) is 17.0 Å². The molecule has 8 heteroatoms. The molecule has 1 unspecified atom stereocenters. The van der Waals surface area contributed by atoms with Crippen molar-refractivity contribution in [1.29, 1.82) is 0 Å². The van der Waals surface area contributed by atoms with Crippen molar-refractivity contribution in [3.63, 3.8) is 0 Å². The van der Waals surface area contributed by atoms with E-state index < -0.39 is 23.6 Å². The third-order valence-electron chi connectivity index (χ3n) is 5.89. The molecule has 1 aromatic heterocycles. The highest BCUT2D eigenvalue weighted by atomic mass is 19.4. The van der Waals surface area contributed by atoms with E-state index in [-0.39, 0.29) is 11.5 Å². The first-order valence-corrected chi connectivity index (χ1v) is 9.91. The number of likely N-dealkylation sites (tertiary alicyclic amines) is 1. The zero-order valence-corrected chi connectivity index (χ0v) is 16.2. The van der Waals surface area contributed by atoms with Gasteiger partial charge in [0.15, 0.2) is 0 Å². The van der Waals surface area contributed by atoms with Gasteiger partial charge in [-0.25, -0.2) is 0 Å². The molecule has 0 spiro atoms. The summed E-state index contributed by atoms with van der Waals surface area (Å²) in [4.78, 5) is 2.44. The molecule has 1 saturated carbocycles. The maximum absolute atomic E-state index is 12.8. The van der Waals surface area contributed by atoms with E-state index >= 15 is 0 Å². The lowest BCUT2D eigenvalue weighted by molar-refractivity contribution is -0.137. The Balaban J connectivity index is 1.55. The van der Waals surface area contributed by atoms with E-state index in [1.807, 2.05) is 0 Å². The van der Waals surface area contributed by atoms with Crippen molar-refractivity contribution in [3.05, 3.63) is 41.1 Å². The molecule has 1 aliphatic carbocycles. The van der Waals surface area contributed by atoms with Gasteiger partial charge in [-0.15, -0.1) is 5.10 Å². The summed E-state index contributed by atoms with van der Waals surface area (Å²) in [5.74, 6) is -0.416. The van der Waals surface area contributed by atoms with Crippen LogP contribution < -0.4 is 0 Å². The van der Waals surface area contributed by atoms with E-state index in [1.54, 1.807) is 13.0 Å². The molecule has 29 heavy (non-hydrogen) atoms. The second-order valence-corrected chi connectivity index (χ2v) is 8.10. The van der Waals surface area contributed by atoms with E-state index in [2.05, 4.69) is 15.1 Å². The van der Waals surface area contributed by atoms with E-state index in [1.165, 1.54) is 18.9 Å². The molecule has 1 aliphatic heterocycles. The predicted octanol–water partition coefficient (Wildman–Crippen LogP) is 4.08. The molecule has 5 nitrogen and oxygen atoms in total. The lowest BCUT2D eigenvalue weighted by atomic mass is 9.90. The van der Waals surface area contributed by atoms with Crippen LogP contribution in [0.25, 0.3) is 11.3 Å². The molecular weight excluding hydrogens is 383 g/mol. The van der Waals surface area contributed by atoms with E-state index in [9.17, 15) is 23.4 Å². The topological polar surface area (TPSA) is 69.5 Å². The largest absolute Gasteiger partial charge is 0.507 e. The van der Waals surface area contributed by atoms with Crippen molar-refractivity contribution in [2.24, 2.45) is 5.92 Å². The zero-order valence-electron chi connectivity index (χ0n) is 16.2. The highest BCUT2D eigenvalue weighted by Gasteiger charge is 2.36. The lowest BCUT2D eigenvalue weighted by Crippen LogP contribution is -2.39. The van der Waals surface area contributed by atoms with Crippen LogP contribution in [0.2, 0.25) is 0 Å². The standard InChI is InChI=1S/C21H24F3N3O2/c1-12-9-17(20(29)13-3-2-8-27(11-13)15-5-6-15)25-26-19(12)16-7-4-14(10-18(16)28)21(22,23)24/h4,7,9-10,13,15,20,28-29H,2-3,5-6,8,11H2,1H3/t13-,20?/m1/s1. The number of aliphatic hydroxyl groups excluding tert-OH is 1. The zero-order chi connectivity index (χ0) is 20.8. The van der Waals surface area contributed by atoms with Crippen LogP contribution in [0.3, 0.4) is 0 Å². The van der Waals surface area contributed by atoms with Crippen molar-refractivity contribution < 1.29 is 23.4 Å². The van der Waals surface area contributed by atoms with Crippen LogP contribution in [-0.4, -0.2) is 44.4 Å². The van der Waals surface area contributed by atoms with Gasteiger partial charge in [-0.3, -0.25) is 4.90 Å². The molecule has 0 bridgehead atoms. The average Bonchev–Trinajstić information content (AvgIpc) is 3.52. The smallest absolute Gasteiger partial charge is 0.416 e. The Labute approximate surface area is 167 Å². The van der Waals surface area contributed by atoms with Crippen LogP contribution >= 0.6 is 0 Å². The summed E-state index contributed by atoms with van der Waals surface area (Å²) < 4.78 is 38.4. The minimum atomic E-state index is -4.53. The van der Waals surface area contributed by atoms with E-state index in [4.69, 9.17) is 0 Å². The van der Waals surface area contributed by atoms with Gasteiger partial charge in [-0.1, -0.05) is 0 Å². The fourth-order valence-corrected chi connectivity index (χ4v) is 4.14. The van der Waals surface area contributed by atoms with Crippen molar-refractivity contribution in [2.75, 3.05) is 13.1 Å². The first-order chi connectivity index (χ1) is 13.7. The van der Waals surface area contributed by atoms with Crippen molar-refractivity contribution in [1.82, 2.24) is 15.1 Å². The van der Waals surface area contributed by atoms with Gasteiger partial charge in [-0.2, -0.15) is 18.3 Å². The number of benzene rings is 1. The first kappa shape index (κ1) is 20.1. The Kier molecular flexibility index (Phi) is 5.25. The second-order valence-electron chi connectivity index (χ2n) is 8.10. The normalized spacial score (nSPS) is 21.9. The van der Waals surface area contributed by atoms with Gasteiger partial charge < -0.3 is 10.2 Å². The average molecular weight is 407 g/mol. The third kappa shape index (κ3) is 4.23. The Hall–Kier alpha value is -2.19. The number of alkyl halides is 3. The molecule has 2 atom stereocenters. The number of hydrogen-bond acceptors (Lipinski definition) is 5. The van der Waals surface area contributed by atoms with E-state index in [0.717, 1.165) is 32.0 Å². The number of phenols is 1. The highest BCUT2D eigenvalue weighted by molar-refractivity contribution is 5.69. The van der Waals surface area contributed by atoms with Crippen LogP contribution in [0.1, 0.15) is 48.6 Å². The molecule has 2 fully saturated rings. The highest BCUT2D eigenvalue weighted by Crippen LogP contribution is 2.38. The fourth-order valence-electron chi connectivity index (χ4n) is 4.14. The minimum absolute atomic E-state index is 0.0865. The summed E-state index contributed by atoms with van der Waals surface area (Å²) in [6.45, 7) is 3.66. The number of aliphatic hydroxyl groups is 1. The fraction of sp³-hybridized carbons (Fsp3) is 0.524. The Morgan fingerprint density at radius 1 is 1.14 bits per heavy atom. The van der Waals surface area contributed by atoms with Crippen molar-refractivity contribution in [2.45, 2.75) is 50.9 Å². The van der Waals surface area contributed by atoms with Crippen LogP contribution in [-0.2, 0) is 6.18 Å². The number of hydrogen-bond donors (Lipinski definition) is 2. The molecule has 156 valence electrons. The molecular formula is C21H24F3N3O2. The molecule has 0 amide bonds. The van der Waals surface area contributed by atoms with Crippen LogP contribution in [0.5, 0.6) is 5.75 Å². The van der Waals surface area contributed by atoms with Gasteiger partial charge in [0.2, 0.25) is 0 Å². The van der Waals surface area contributed by atoms with Gasteiger partial charge in [0.05, 0.1) is 17.0 Å². The Morgan fingerprint density at radius 2 is 1.90 bits per heavy atom. The minimum Gasteiger partial charge on any atom is -0.507 e. The third-order valence-corrected chi connectivity index (χ3v) is 5.89. The summed E-state index contributed by atoms with van der Waals surface area (Å²) in [6, 6.07) is 5.16. The lowest BCUT2D eigenvalue weighted by Gasteiger charge is -2.35.